The lowest BCUT2D eigenvalue weighted by Crippen LogP contribution is -1.98. The molecule has 0 atom stereocenters. The van der Waals surface area contributed by atoms with Crippen LogP contribution in [0.5, 0.6) is 5.75 Å². The smallest absolute Gasteiger partial charge is 0.127 e. The first kappa shape index (κ1) is 12.2. The normalized spacial score (nSPS) is 9.72. The largest absolute Gasteiger partial charge is 0.493 e. The molecule has 2 aromatic carbocycles. The fourth-order valence-electron chi connectivity index (χ4n) is 1.78. The highest BCUT2D eigenvalue weighted by molar-refractivity contribution is 5.70. The van der Waals surface area contributed by atoms with Crippen LogP contribution in [0.1, 0.15) is 12.8 Å². The zero-order valence-electron chi connectivity index (χ0n) is 10.2. The van der Waals surface area contributed by atoms with Crippen LogP contribution < -0.4 is 4.74 Å². The lowest BCUT2D eigenvalue weighted by molar-refractivity contribution is 0.314. The van der Waals surface area contributed by atoms with E-state index in [0.29, 0.717) is 13.0 Å². The summed E-state index contributed by atoms with van der Waals surface area (Å²) in [5.41, 5.74) is 2.24. The van der Waals surface area contributed by atoms with Crippen LogP contribution in [-0.4, -0.2) is 6.61 Å². The molecule has 0 spiro atoms. The van der Waals surface area contributed by atoms with Crippen molar-refractivity contribution in [3.05, 3.63) is 54.6 Å². The van der Waals surface area contributed by atoms with E-state index < -0.39 is 0 Å². The summed E-state index contributed by atoms with van der Waals surface area (Å²) in [5.74, 6) is 0.877. The average Bonchev–Trinajstić information content (AvgIpc) is 2.45. The van der Waals surface area contributed by atoms with Gasteiger partial charge in [0, 0.05) is 12.0 Å². The summed E-state index contributed by atoms with van der Waals surface area (Å²) in [6.07, 6.45) is 1.30. The van der Waals surface area contributed by atoms with Gasteiger partial charge in [0.25, 0.3) is 0 Å². The first-order chi connectivity index (χ1) is 8.92. The summed E-state index contributed by atoms with van der Waals surface area (Å²) >= 11 is 0. The van der Waals surface area contributed by atoms with E-state index in [2.05, 4.69) is 24.3 Å². The number of nitrogens with zero attached hydrogens (tertiary/aromatic N) is 1. The second-order valence-electron chi connectivity index (χ2n) is 3.97. The third-order valence-corrected chi connectivity index (χ3v) is 2.66. The summed E-state index contributed by atoms with van der Waals surface area (Å²) in [5, 5.41) is 8.49. The van der Waals surface area contributed by atoms with Crippen LogP contribution in [0.3, 0.4) is 0 Å². The Hall–Kier alpha value is -2.27. The van der Waals surface area contributed by atoms with Gasteiger partial charge in [-0.2, -0.15) is 5.26 Å². The van der Waals surface area contributed by atoms with Crippen molar-refractivity contribution in [2.75, 3.05) is 6.61 Å². The van der Waals surface area contributed by atoms with Crippen molar-refractivity contribution in [2.45, 2.75) is 12.8 Å². The predicted molar refractivity (Wildman–Crippen MR) is 72.2 cm³/mol. The zero-order chi connectivity index (χ0) is 12.6. The second-order valence-corrected chi connectivity index (χ2v) is 3.97. The van der Waals surface area contributed by atoms with E-state index >= 15 is 0 Å². The fourth-order valence-corrected chi connectivity index (χ4v) is 1.78. The third-order valence-electron chi connectivity index (χ3n) is 2.66. The molecule has 0 radical (unpaired) electrons. The molecule has 0 fully saturated rings. The van der Waals surface area contributed by atoms with E-state index in [-0.39, 0.29) is 0 Å². The SMILES string of the molecule is N#CCCCOc1ccccc1-c1ccccc1. The summed E-state index contributed by atoms with van der Waals surface area (Å²) in [4.78, 5) is 0. The summed E-state index contributed by atoms with van der Waals surface area (Å²) < 4.78 is 5.74. The molecule has 2 nitrogen and oxygen atoms in total. The summed E-state index contributed by atoms with van der Waals surface area (Å²) in [7, 11) is 0. The lowest BCUT2D eigenvalue weighted by atomic mass is 10.1. The molecule has 0 amide bonds. The van der Waals surface area contributed by atoms with Gasteiger partial charge in [-0.1, -0.05) is 48.5 Å². The molecule has 0 saturated carbocycles. The number of rotatable bonds is 5. The number of nitriles is 1. The van der Waals surface area contributed by atoms with Crippen LogP contribution in [0.4, 0.5) is 0 Å². The molecule has 0 aliphatic carbocycles. The molecule has 0 heterocycles. The lowest BCUT2D eigenvalue weighted by Gasteiger charge is -2.10. The van der Waals surface area contributed by atoms with Gasteiger partial charge in [-0.3, -0.25) is 0 Å². The minimum absolute atomic E-state index is 0.535. The van der Waals surface area contributed by atoms with E-state index in [1.807, 2.05) is 36.4 Å². The van der Waals surface area contributed by atoms with Gasteiger partial charge in [0.15, 0.2) is 0 Å². The van der Waals surface area contributed by atoms with Gasteiger partial charge in [0.2, 0.25) is 0 Å². The molecule has 0 saturated heterocycles. The van der Waals surface area contributed by atoms with Crippen molar-refractivity contribution >= 4 is 0 Å². The van der Waals surface area contributed by atoms with E-state index in [1.165, 1.54) is 0 Å². The first-order valence-corrected chi connectivity index (χ1v) is 6.06. The highest BCUT2D eigenvalue weighted by Gasteiger charge is 2.04. The Kier molecular flexibility index (Phi) is 4.38. The van der Waals surface area contributed by atoms with Crippen LogP contribution >= 0.6 is 0 Å². The Bertz CT molecular complexity index is 528. The molecular formula is C16H15NO. The Labute approximate surface area is 107 Å². The third kappa shape index (κ3) is 3.11. The van der Waals surface area contributed by atoms with E-state index in [1.54, 1.807) is 0 Å². The highest BCUT2D eigenvalue weighted by Crippen LogP contribution is 2.29. The van der Waals surface area contributed by atoms with Gasteiger partial charge in [-0.25, -0.2) is 0 Å². The van der Waals surface area contributed by atoms with Crippen molar-refractivity contribution in [1.29, 1.82) is 5.26 Å². The van der Waals surface area contributed by atoms with Crippen molar-refractivity contribution in [2.24, 2.45) is 0 Å². The maximum Gasteiger partial charge on any atom is 0.127 e. The fraction of sp³-hybridized carbons (Fsp3) is 0.188. The van der Waals surface area contributed by atoms with Crippen LogP contribution in [0.2, 0.25) is 0 Å². The standard InChI is InChI=1S/C16H15NO/c17-12-6-7-13-18-16-11-5-4-10-15(16)14-8-2-1-3-9-14/h1-5,8-11H,6-7,13H2. The number of benzene rings is 2. The number of hydrogen-bond acceptors (Lipinski definition) is 2. The summed E-state index contributed by atoms with van der Waals surface area (Å²) in [6, 6.07) is 20.3. The molecule has 90 valence electrons. The van der Waals surface area contributed by atoms with Gasteiger partial charge >= 0.3 is 0 Å². The van der Waals surface area contributed by atoms with Gasteiger partial charge < -0.3 is 4.74 Å². The highest BCUT2D eigenvalue weighted by atomic mass is 16.5. The molecule has 2 rings (SSSR count). The molecule has 0 aromatic heterocycles. The first-order valence-electron chi connectivity index (χ1n) is 6.06. The van der Waals surface area contributed by atoms with Crippen molar-refractivity contribution in [3.8, 4) is 22.9 Å². The summed E-state index contributed by atoms with van der Waals surface area (Å²) in [6.45, 7) is 0.581. The molecule has 0 N–H and O–H groups in total. The minimum Gasteiger partial charge on any atom is -0.493 e. The molecule has 0 bridgehead atoms. The van der Waals surface area contributed by atoms with Crippen molar-refractivity contribution in [3.63, 3.8) is 0 Å². The average molecular weight is 237 g/mol. The number of hydrogen-bond donors (Lipinski definition) is 0. The van der Waals surface area contributed by atoms with Crippen LogP contribution in [-0.2, 0) is 0 Å². The van der Waals surface area contributed by atoms with Crippen LogP contribution in [0.15, 0.2) is 54.6 Å². The predicted octanol–water partition coefficient (Wildman–Crippen LogP) is 4.04. The Balaban J connectivity index is 2.14. The Morgan fingerprint density at radius 3 is 2.44 bits per heavy atom. The molecule has 18 heavy (non-hydrogen) atoms. The molecule has 2 heteroatoms. The van der Waals surface area contributed by atoms with Crippen molar-refractivity contribution in [1.82, 2.24) is 0 Å². The monoisotopic (exact) mass is 237 g/mol. The maximum atomic E-state index is 8.49. The molecule has 0 unspecified atom stereocenters. The molecule has 0 aliphatic heterocycles. The topological polar surface area (TPSA) is 33.0 Å². The van der Waals surface area contributed by atoms with Gasteiger partial charge in [-0.05, 0) is 18.1 Å². The van der Waals surface area contributed by atoms with Gasteiger partial charge in [-0.15, -0.1) is 0 Å². The van der Waals surface area contributed by atoms with Gasteiger partial charge in [0.1, 0.15) is 5.75 Å². The molecular weight excluding hydrogens is 222 g/mol. The number of unbranched alkanes of at least 4 members (excludes halogenated alkanes) is 1. The van der Waals surface area contributed by atoms with E-state index in [9.17, 15) is 0 Å². The quantitative estimate of drug-likeness (QED) is 0.735. The minimum atomic E-state index is 0.535. The van der Waals surface area contributed by atoms with Crippen molar-refractivity contribution < 1.29 is 4.74 Å². The number of para-hydroxylation sites is 1. The molecule has 0 aliphatic rings. The number of ether oxygens (including phenoxy) is 1. The maximum absolute atomic E-state index is 8.49. The van der Waals surface area contributed by atoms with E-state index in [0.717, 1.165) is 23.3 Å². The van der Waals surface area contributed by atoms with E-state index in [4.69, 9.17) is 10.00 Å². The zero-order valence-corrected chi connectivity index (χ0v) is 10.2. The Morgan fingerprint density at radius 2 is 1.67 bits per heavy atom. The second kappa shape index (κ2) is 6.46. The van der Waals surface area contributed by atoms with Crippen LogP contribution in [0, 0.1) is 11.3 Å². The van der Waals surface area contributed by atoms with Gasteiger partial charge in [0.05, 0.1) is 12.7 Å². The Morgan fingerprint density at radius 1 is 0.944 bits per heavy atom. The molecule has 2 aromatic rings. The van der Waals surface area contributed by atoms with Crippen LogP contribution in [0.25, 0.3) is 11.1 Å².